The van der Waals surface area contributed by atoms with E-state index in [1.807, 2.05) is 35.8 Å². The Morgan fingerprint density at radius 3 is 2.80 bits per heavy atom. The van der Waals surface area contributed by atoms with Gasteiger partial charge in [-0.3, -0.25) is 4.79 Å². The number of hydrogen-bond acceptors (Lipinski definition) is 2. The number of carbonyl (C=O) groups excluding carboxylic acids is 1. The molecule has 15 heavy (non-hydrogen) atoms. The highest BCUT2D eigenvalue weighted by Gasteiger charge is 2.11. The molecule has 0 aliphatic heterocycles. The number of carbonyl (C=O) groups is 1. The molecule has 0 atom stereocenters. The van der Waals surface area contributed by atoms with Crippen LogP contribution in [0.4, 0.5) is 0 Å². The molecule has 0 saturated carbocycles. The van der Waals surface area contributed by atoms with Gasteiger partial charge in [0.05, 0.1) is 6.61 Å². The molecule has 0 saturated heterocycles. The summed E-state index contributed by atoms with van der Waals surface area (Å²) in [6, 6.07) is 7.74. The maximum absolute atomic E-state index is 11.0. The van der Waals surface area contributed by atoms with Crippen molar-refractivity contribution in [1.29, 1.82) is 0 Å². The van der Waals surface area contributed by atoms with Crippen molar-refractivity contribution in [2.45, 2.75) is 13.5 Å². The molecule has 0 aliphatic carbocycles. The monoisotopic (exact) mass is 203 g/mol. The summed E-state index contributed by atoms with van der Waals surface area (Å²) in [4.78, 5) is 11.0. The number of aromatic nitrogens is 1. The third-order valence-electron chi connectivity index (χ3n) is 2.72. The molecular formula is C12H13NO2. The average molecular weight is 203 g/mol. The lowest BCUT2D eigenvalue weighted by Gasteiger charge is -2.04. The number of fused-ring (bicyclic) bond motifs is 1. The van der Waals surface area contributed by atoms with E-state index in [1.165, 1.54) is 0 Å². The second-order valence-electron chi connectivity index (χ2n) is 3.51. The van der Waals surface area contributed by atoms with Crippen molar-refractivity contribution < 1.29 is 9.90 Å². The number of nitrogens with zero attached hydrogens (tertiary/aromatic N) is 1. The summed E-state index contributed by atoms with van der Waals surface area (Å²) in [6.07, 6.45) is 0.880. The second kappa shape index (κ2) is 3.87. The van der Waals surface area contributed by atoms with E-state index in [9.17, 15) is 4.79 Å². The average Bonchev–Trinajstić information content (AvgIpc) is 2.53. The van der Waals surface area contributed by atoms with Gasteiger partial charge in [0.1, 0.15) is 0 Å². The minimum absolute atomic E-state index is 0.0812. The van der Waals surface area contributed by atoms with Crippen LogP contribution in [0.25, 0.3) is 10.9 Å². The van der Waals surface area contributed by atoms with Gasteiger partial charge >= 0.3 is 0 Å². The number of rotatable bonds is 3. The maximum Gasteiger partial charge on any atom is 0.152 e. The number of hydrogen-bond donors (Lipinski definition) is 1. The maximum atomic E-state index is 11.0. The van der Waals surface area contributed by atoms with Crippen LogP contribution in [-0.4, -0.2) is 22.6 Å². The minimum Gasteiger partial charge on any atom is -0.395 e. The van der Waals surface area contributed by atoms with Gasteiger partial charge in [-0.25, -0.2) is 0 Å². The molecule has 0 radical (unpaired) electrons. The lowest BCUT2D eigenvalue weighted by Crippen LogP contribution is -2.03. The summed E-state index contributed by atoms with van der Waals surface area (Å²) in [5.74, 6) is 0. The fourth-order valence-corrected chi connectivity index (χ4v) is 1.99. The Morgan fingerprint density at radius 2 is 2.13 bits per heavy atom. The SMILES string of the molecule is Cc1c(C=O)c2ccccc2n1CCO. The Morgan fingerprint density at radius 1 is 1.40 bits per heavy atom. The van der Waals surface area contributed by atoms with Crippen LogP contribution < -0.4 is 0 Å². The molecule has 0 unspecified atom stereocenters. The highest BCUT2D eigenvalue weighted by molar-refractivity contribution is 5.99. The van der Waals surface area contributed by atoms with Crippen LogP contribution in [0.5, 0.6) is 0 Å². The Kier molecular flexibility index (Phi) is 2.56. The fourth-order valence-electron chi connectivity index (χ4n) is 1.99. The number of aliphatic hydroxyl groups excluding tert-OH is 1. The fraction of sp³-hybridized carbons (Fsp3) is 0.250. The van der Waals surface area contributed by atoms with E-state index in [4.69, 9.17) is 5.11 Å². The van der Waals surface area contributed by atoms with E-state index < -0.39 is 0 Å². The first kappa shape index (κ1) is 9.93. The topological polar surface area (TPSA) is 42.2 Å². The molecule has 3 heteroatoms. The van der Waals surface area contributed by atoms with Gasteiger partial charge in [-0.15, -0.1) is 0 Å². The zero-order valence-corrected chi connectivity index (χ0v) is 8.60. The molecule has 78 valence electrons. The summed E-state index contributed by atoms with van der Waals surface area (Å²) < 4.78 is 1.97. The molecule has 0 bridgehead atoms. The second-order valence-corrected chi connectivity index (χ2v) is 3.51. The highest BCUT2D eigenvalue weighted by atomic mass is 16.3. The molecule has 2 aromatic rings. The van der Waals surface area contributed by atoms with E-state index in [0.717, 1.165) is 28.4 Å². The van der Waals surface area contributed by atoms with Gasteiger partial charge in [0.2, 0.25) is 0 Å². The summed E-state index contributed by atoms with van der Waals surface area (Å²) in [7, 11) is 0. The van der Waals surface area contributed by atoms with Crippen LogP contribution in [-0.2, 0) is 6.54 Å². The molecule has 3 nitrogen and oxygen atoms in total. The minimum atomic E-state index is 0.0812. The van der Waals surface area contributed by atoms with E-state index in [0.29, 0.717) is 6.54 Å². The number of para-hydroxylation sites is 1. The Hall–Kier alpha value is -1.61. The summed E-state index contributed by atoms with van der Waals surface area (Å²) in [6.45, 7) is 2.51. The molecule has 0 aliphatic rings. The molecule has 0 amide bonds. The van der Waals surface area contributed by atoms with Crippen molar-refractivity contribution >= 4 is 17.2 Å². The van der Waals surface area contributed by atoms with E-state index >= 15 is 0 Å². The Balaban J connectivity index is 2.78. The van der Waals surface area contributed by atoms with Crippen LogP contribution in [0.2, 0.25) is 0 Å². The molecule has 1 heterocycles. The Labute approximate surface area is 87.9 Å². The van der Waals surface area contributed by atoms with Gasteiger partial charge in [0.15, 0.2) is 6.29 Å². The van der Waals surface area contributed by atoms with Gasteiger partial charge < -0.3 is 9.67 Å². The lowest BCUT2D eigenvalue weighted by molar-refractivity contribution is 0.112. The van der Waals surface area contributed by atoms with E-state index in [2.05, 4.69) is 0 Å². The van der Waals surface area contributed by atoms with Crippen LogP contribution in [0.1, 0.15) is 16.1 Å². The molecule has 0 fully saturated rings. The number of benzene rings is 1. The first-order valence-corrected chi connectivity index (χ1v) is 4.93. The smallest absolute Gasteiger partial charge is 0.152 e. The predicted molar refractivity (Wildman–Crippen MR) is 59.1 cm³/mol. The van der Waals surface area contributed by atoms with Gasteiger partial charge in [0, 0.05) is 28.7 Å². The molecular weight excluding hydrogens is 190 g/mol. The normalized spacial score (nSPS) is 10.8. The summed E-state index contributed by atoms with van der Waals surface area (Å²) >= 11 is 0. The van der Waals surface area contributed by atoms with Gasteiger partial charge in [0.25, 0.3) is 0 Å². The van der Waals surface area contributed by atoms with Crippen molar-refractivity contribution in [3.05, 3.63) is 35.5 Å². The van der Waals surface area contributed by atoms with Crippen molar-refractivity contribution in [2.75, 3.05) is 6.61 Å². The summed E-state index contributed by atoms with van der Waals surface area (Å²) in [5.41, 5.74) is 2.64. The number of aliphatic hydroxyl groups is 1. The van der Waals surface area contributed by atoms with Gasteiger partial charge in [-0.1, -0.05) is 18.2 Å². The first-order chi connectivity index (χ1) is 7.29. The van der Waals surface area contributed by atoms with Crippen molar-refractivity contribution in [2.24, 2.45) is 0 Å². The van der Waals surface area contributed by atoms with E-state index in [1.54, 1.807) is 0 Å². The molecule has 0 spiro atoms. The highest BCUT2D eigenvalue weighted by Crippen LogP contribution is 2.23. The summed E-state index contributed by atoms with van der Waals surface area (Å²) in [5, 5.41) is 9.93. The van der Waals surface area contributed by atoms with Crippen LogP contribution in [0, 0.1) is 6.92 Å². The Bertz CT molecular complexity index is 500. The van der Waals surface area contributed by atoms with Gasteiger partial charge in [-0.2, -0.15) is 0 Å². The predicted octanol–water partition coefficient (Wildman–Crippen LogP) is 1.75. The van der Waals surface area contributed by atoms with Crippen LogP contribution in [0.3, 0.4) is 0 Å². The molecule has 2 rings (SSSR count). The lowest BCUT2D eigenvalue weighted by atomic mass is 10.1. The first-order valence-electron chi connectivity index (χ1n) is 4.93. The van der Waals surface area contributed by atoms with Crippen molar-refractivity contribution in [1.82, 2.24) is 4.57 Å². The van der Waals surface area contributed by atoms with Gasteiger partial charge in [-0.05, 0) is 13.0 Å². The third-order valence-corrected chi connectivity index (χ3v) is 2.72. The van der Waals surface area contributed by atoms with E-state index in [-0.39, 0.29) is 6.61 Å². The van der Waals surface area contributed by atoms with Crippen molar-refractivity contribution in [3.63, 3.8) is 0 Å². The molecule has 1 N–H and O–H groups in total. The van der Waals surface area contributed by atoms with Crippen LogP contribution >= 0.6 is 0 Å². The standard InChI is InChI=1S/C12H13NO2/c1-9-11(8-15)10-4-2-3-5-12(10)13(9)6-7-14/h2-5,8,14H,6-7H2,1H3. The van der Waals surface area contributed by atoms with Crippen molar-refractivity contribution in [3.8, 4) is 0 Å². The zero-order chi connectivity index (χ0) is 10.8. The molecule has 1 aromatic heterocycles. The van der Waals surface area contributed by atoms with Crippen LogP contribution in [0.15, 0.2) is 24.3 Å². The largest absolute Gasteiger partial charge is 0.395 e. The molecule has 1 aromatic carbocycles. The zero-order valence-electron chi connectivity index (χ0n) is 8.60. The quantitative estimate of drug-likeness (QED) is 0.772. The third kappa shape index (κ3) is 1.45. The number of aldehydes is 1.